The monoisotopic (exact) mass is 452 g/mol. The number of rotatable bonds is 8. The summed E-state index contributed by atoms with van der Waals surface area (Å²) in [6.07, 6.45) is -5.84. The average Bonchev–Trinajstić information content (AvgIpc) is 2.74. The van der Waals surface area contributed by atoms with Crippen LogP contribution in [-0.4, -0.2) is 12.8 Å². The van der Waals surface area contributed by atoms with Gasteiger partial charge in [-0.3, -0.25) is 0 Å². The minimum absolute atomic E-state index is 0.0204. The molecule has 168 valence electrons. The molecule has 3 rings (SSSR count). The standard InChI is InChI=1S/C24H18F6O2/c25-21-14-9-16(15-22(21)31-18-6-2-1-3-7-18)5-4-8-20(23(26)27)17-10-12-19(13-11-17)32-24(28,29)30/h1-3,6-15,23H,4-5H2. The fraction of sp³-hybridized carbons (Fsp3) is 0.167. The predicted octanol–water partition coefficient (Wildman–Crippen LogP) is 7.80. The zero-order valence-corrected chi connectivity index (χ0v) is 16.6. The Bertz CT molecular complexity index is 1040. The van der Waals surface area contributed by atoms with Crippen molar-refractivity contribution in [1.82, 2.24) is 0 Å². The summed E-state index contributed by atoms with van der Waals surface area (Å²) in [5, 5.41) is 0. The van der Waals surface area contributed by atoms with Gasteiger partial charge in [-0.2, -0.15) is 0 Å². The highest BCUT2D eigenvalue weighted by molar-refractivity contribution is 5.68. The molecule has 8 heteroatoms. The van der Waals surface area contributed by atoms with E-state index >= 15 is 0 Å². The van der Waals surface area contributed by atoms with Gasteiger partial charge in [-0.05, 0) is 60.4 Å². The summed E-state index contributed by atoms with van der Waals surface area (Å²) in [4.78, 5) is 0. The number of hydrogen-bond donors (Lipinski definition) is 0. The van der Waals surface area contributed by atoms with Crippen LogP contribution in [0.5, 0.6) is 17.2 Å². The van der Waals surface area contributed by atoms with Gasteiger partial charge in [0.25, 0.3) is 6.43 Å². The SMILES string of the molecule is Fc1ccc(CCC=C(c2ccc(OC(F)(F)F)cc2)C(F)F)cc1Oc1ccccc1. The molecular weight excluding hydrogens is 434 g/mol. The highest BCUT2D eigenvalue weighted by Gasteiger charge is 2.31. The number of benzene rings is 3. The molecule has 0 aliphatic heterocycles. The summed E-state index contributed by atoms with van der Waals surface area (Å²) in [7, 11) is 0. The molecule has 0 aliphatic carbocycles. The molecule has 0 radical (unpaired) electrons. The molecule has 3 aromatic carbocycles. The van der Waals surface area contributed by atoms with Crippen molar-refractivity contribution in [2.24, 2.45) is 0 Å². The molecule has 32 heavy (non-hydrogen) atoms. The van der Waals surface area contributed by atoms with E-state index in [1.54, 1.807) is 30.3 Å². The molecule has 0 unspecified atom stereocenters. The fourth-order valence-corrected chi connectivity index (χ4v) is 2.97. The first-order valence-electron chi connectivity index (χ1n) is 9.57. The van der Waals surface area contributed by atoms with E-state index in [4.69, 9.17) is 4.74 Å². The van der Waals surface area contributed by atoms with Crippen LogP contribution < -0.4 is 9.47 Å². The molecule has 0 saturated carbocycles. The normalized spacial score (nSPS) is 12.2. The predicted molar refractivity (Wildman–Crippen MR) is 108 cm³/mol. The molecule has 0 bridgehead atoms. The first kappa shape index (κ1) is 23.2. The number of halogens is 6. The van der Waals surface area contributed by atoms with Crippen LogP contribution in [0.4, 0.5) is 26.3 Å². The second kappa shape index (κ2) is 10.3. The lowest BCUT2D eigenvalue weighted by atomic mass is 10.0. The number of para-hydroxylation sites is 1. The molecule has 2 nitrogen and oxygen atoms in total. The van der Waals surface area contributed by atoms with E-state index < -0.39 is 24.4 Å². The van der Waals surface area contributed by atoms with Crippen molar-refractivity contribution in [2.45, 2.75) is 25.6 Å². The van der Waals surface area contributed by atoms with Crippen LogP contribution in [0.3, 0.4) is 0 Å². The van der Waals surface area contributed by atoms with Gasteiger partial charge in [-0.1, -0.05) is 42.5 Å². The fourth-order valence-electron chi connectivity index (χ4n) is 2.97. The molecule has 0 aliphatic rings. The molecular formula is C24H18F6O2. The van der Waals surface area contributed by atoms with Crippen LogP contribution in [0.25, 0.3) is 5.57 Å². The molecule has 0 amide bonds. The molecule has 0 N–H and O–H groups in total. The lowest BCUT2D eigenvalue weighted by Gasteiger charge is -2.11. The minimum atomic E-state index is -4.86. The van der Waals surface area contributed by atoms with Crippen molar-refractivity contribution >= 4 is 5.57 Å². The van der Waals surface area contributed by atoms with E-state index in [1.807, 2.05) is 0 Å². The van der Waals surface area contributed by atoms with Gasteiger partial charge in [-0.15, -0.1) is 13.2 Å². The number of alkyl halides is 5. The van der Waals surface area contributed by atoms with Crippen LogP contribution >= 0.6 is 0 Å². The Labute approximate surface area is 180 Å². The van der Waals surface area contributed by atoms with E-state index in [1.165, 1.54) is 24.3 Å². The maximum atomic E-state index is 14.1. The van der Waals surface area contributed by atoms with Gasteiger partial charge in [0.15, 0.2) is 11.6 Å². The van der Waals surface area contributed by atoms with Crippen molar-refractivity contribution in [3.05, 3.63) is 95.8 Å². The van der Waals surface area contributed by atoms with Crippen LogP contribution in [0.15, 0.2) is 78.9 Å². The quantitative estimate of drug-likeness (QED) is 0.325. The molecule has 3 aromatic rings. The highest BCUT2D eigenvalue weighted by Crippen LogP contribution is 2.29. The number of hydrogen-bond acceptors (Lipinski definition) is 2. The molecule has 0 heterocycles. The van der Waals surface area contributed by atoms with Crippen molar-refractivity contribution in [1.29, 1.82) is 0 Å². The Kier molecular flexibility index (Phi) is 7.45. The molecule has 0 fully saturated rings. The van der Waals surface area contributed by atoms with Gasteiger partial charge in [0.2, 0.25) is 0 Å². The lowest BCUT2D eigenvalue weighted by molar-refractivity contribution is -0.274. The molecule has 0 saturated heterocycles. The summed E-state index contributed by atoms with van der Waals surface area (Å²) < 4.78 is 87.1. The van der Waals surface area contributed by atoms with E-state index in [9.17, 15) is 26.3 Å². The smallest absolute Gasteiger partial charge is 0.454 e. The molecule has 0 spiro atoms. The second-order valence-corrected chi connectivity index (χ2v) is 6.75. The van der Waals surface area contributed by atoms with E-state index in [-0.39, 0.29) is 23.3 Å². The van der Waals surface area contributed by atoms with Crippen LogP contribution in [0.1, 0.15) is 17.5 Å². The first-order valence-corrected chi connectivity index (χ1v) is 9.57. The second-order valence-electron chi connectivity index (χ2n) is 6.75. The van der Waals surface area contributed by atoms with Crippen molar-refractivity contribution < 1.29 is 35.8 Å². The van der Waals surface area contributed by atoms with Gasteiger partial charge in [-0.25, -0.2) is 13.2 Å². The molecule has 0 atom stereocenters. The lowest BCUT2D eigenvalue weighted by Crippen LogP contribution is -2.17. The van der Waals surface area contributed by atoms with Gasteiger partial charge in [0.05, 0.1) is 0 Å². The van der Waals surface area contributed by atoms with Gasteiger partial charge in [0, 0.05) is 5.57 Å². The van der Waals surface area contributed by atoms with Crippen molar-refractivity contribution in [3.63, 3.8) is 0 Å². The van der Waals surface area contributed by atoms with Gasteiger partial charge in [0.1, 0.15) is 11.5 Å². The number of aryl methyl sites for hydroxylation is 1. The third-order valence-corrected chi connectivity index (χ3v) is 4.42. The Balaban J connectivity index is 1.69. The van der Waals surface area contributed by atoms with E-state index in [2.05, 4.69) is 4.74 Å². The van der Waals surface area contributed by atoms with Crippen LogP contribution in [0, 0.1) is 5.82 Å². The third kappa shape index (κ3) is 6.80. The summed E-state index contributed by atoms with van der Waals surface area (Å²) in [6, 6.07) is 17.2. The summed E-state index contributed by atoms with van der Waals surface area (Å²) in [6.45, 7) is 0. The molecule has 0 aromatic heterocycles. The Hall–Kier alpha value is -3.42. The summed E-state index contributed by atoms with van der Waals surface area (Å²) >= 11 is 0. The van der Waals surface area contributed by atoms with Crippen LogP contribution in [-0.2, 0) is 6.42 Å². The van der Waals surface area contributed by atoms with E-state index in [0.29, 0.717) is 17.7 Å². The number of allylic oxidation sites excluding steroid dienone is 2. The van der Waals surface area contributed by atoms with Gasteiger partial charge < -0.3 is 9.47 Å². The Morgan fingerprint density at radius 3 is 2.19 bits per heavy atom. The summed E-state index contributed by atoms with van der Waals surface area (Å²) in [5.74, 6) is -0.567. The first-order chi connectivity index (χ1) is 15.2. The van der Waals surface area contributed by atoms with Crippen LogP contribution in [0.2, 0.25) is 0 Å². The van der Waals surface area contributed by atoms with Gasteiger partial charge >= 0.3 is 6.36 Å². The van der Waals surface area contributed by atoms with E-state index in [0.717, 1.165) is 24.3 Å². The van der Waals surface area contributed by atoms with Crippen molar-refractivity contribution in [2.75, 3.05) is 0 Å². The number of ether oxygens (including phenoxy) is 2. The Morgan fingerprint density at radius 1 is 0.875 bits per heavy atom. The maximum Gasteiger partial charge on any atom is 0.573 e. The highest BCUT2D eigenvalue weighted by atomic mass is 19.4. The average molecular weight is 452 g/mol. The zero-order valence-electron chi connectivity index (χ0n) is 16.6. The maximum absolute atomic E-state index is 14.1. The zero-order chi connectivity index (χ0) is 23.1. The topological polar surface area (TPSA) is 18.5 Å². The Morgan fingerprint density at radius 2 is 1.56 bits per heavy atom. The minimum Gasteiger partial charge on any atom is -0.454 e. The third-order valence-electron chi connectivity index (χ3n) is 4.42. The van der Waals surface area contributed by atoms with Crippen molar-refractivity contribution in [3.8, 4) is 17.2 Å². The summed E-state index contributed by atoms with van der Waals surface area (Å²) in [5.41, 5.74) is 0.448. The largest absolute Gasteiger partial charge is 0.573 e.